The summed E-state index contributed by atoms with van der Waals surface area (Å²) >= 11 is 5.71. The van der Waals surface area contributed by atoms with E-state index >= 15 is 0 Å². The van der Waals surface area contributed by atoms with Gasteiger partial charge in [-0.2, -0.15) is 0 Å². The summed E-state index contributed by atoms with van der Waals surface area (Å²) in [5.74, 6) is -0.606. The van der Waals surface area contributed by atoms with Crippen LogP contribution in [0.4, 0.5) is 5.69 Å². The minimum Gasteiger partial charge on any atom is -0.497 e. The number of esters is 1. The second kappa shape index (κ2) is 8.36. The lowest BCUT2D eigenvalue weighted by molar-refractivity contribution is -0.114. The molecule has 150 valence electrons. The Kier molecular flexibility index (Phi) is 5.89. The predicted octanol–water partition coefficient (Wildman–Crippen LogP) is 4.11. The first kappa shape index (κ1) is 20.4. The quantitative estimate of drug-likeness (QED) is 0.359. The lowest BCUT2D eigenvalue weighted by Gasteiger charge is -2.07. The zero-order valence-corrected chi connectivity index (χ0v) is 16.8. The van der Waals surface area contributed by atoms with Crippen molar-refractivity contribution in [2.24, 2.45) is 0 Å². The highest BCUT2D eigenvalue weighted by molar-refractivity contribution is 6.20. The van der Waals surface area contributed by atoms with Crippen LogP contribution < -0.4 is 10.1 Å². The van der Waals surface area contributed by atoms with Crippen molar-refractivity contribution >= 4 is 45.9 Å². The SMILES string of the molecule is COc1ccc(C(=O)c2[nH]c3cc(C(=O)OC(C)Cl)ccc3c2NC(C)=O)cc1. The summed E-state index contributed by atoms with van der Waals surface area (Å²) in [6, 6.07) is 11.4. The molecule has 8 heteroatoms. The van der Waals surface area contributed by atoms with E-state index in [0.717, 1.165) is 0 Å². The van der Waals surface area contributed by atoms with Gasteiger partial charge in [-0.05, 0) is 49.4 Å². The fraction of sp³-hybridized carbons (Fsp3) is 0.190. The fourth-order valence-corrected chi connectivity index (χ4v) is 2.98. The van der Waals surface area contributed by atoms with Crippen LogP contribution in [0.3, 0.4) is 0 Å². The Hall–Kier alpha value is -3.32. The Balaban J connectivity index is 2.07. The third kappa shape index (κ3) is 4.41. The van der Waals surface area contributed by atoms with E-state index < -0.39 is 11.5 Å². The average molecular weight is 415 g/mol. The average Bonchev–Trinajstić information content (AvgIpc) is 3.04. The Morgan fingerprint density at radius 3 is 2.31 bits per heavy atom. The molecule has 0 radical (unpaired) electrons. The number of carbonyl (C=O) groups excluding carboxylic acids is 3. The molecule has 0 fully saturated rings. The molecule has 1 amide bonds. The molecule has 3 aromatic rings. The summed E-state index contributed by atoms with van der Waals surface area (Å²) in [6.45, 7) is 2.89. The van der Waals surface area contributed by atoms with Gasteiger partial charge in [0, 0.05) is 23.4 Å². The minimum atomic E-state index is -0.774. The molecule has 0 aliphatic heterocycles. The molecule has 7 nitrogen and oxygen atoms in total. The van der Waals surface area contributed by atoms with Gasteiger partial charge >= 0.3 is 5.97 Å². The van der Waals surface area contributed by atoms with Gasteiger partial charge in [-0.25, -0.2) is 4.79 Å². The number of aromatic amines is 1. The van der Waals surface area contributed by atoms with Crippen molar-refractivity contribution in [1.29, 1.82) is 0 Å². The molecule has 1 heterocycles. The van der Waals surface area contributed by atoms with Crippen molar-refractivity contribution in [3.8, 4) is 5.75 Å². The molecule has 2 aromatic carbocycles. The third-order valence-corrected chi connectivity index (χ3v) is 4.27. The Morgan fingerprint density at radius 2 is 1.72 bits per heavy atom. The van der Waals surface area contributed by atoms with Gasteiger partial charge in [-0.15, -0.1) is 0 Å². The number of halogens is 1. The maximum Gasteiger partial charge on any atom is 0.339 e. The number of rotatable bonds is 6. The maximum absolute atomic E-state index is 13.0. The van der Waals surface area contributed by atoms with E-state index in [4.69, 9.17) is 21.1 Å². The number of H-pyrrole nitrogens is 1. The predicted molar refractivity (Wildman–Crippen MR) is 110 cm³/mol. The van der Waals surface area contributed by atoms with E-state index in [-0.39, 0.29) is 22.9 Å². The summed E-state index contributed by atoms with van der Waals surface area (Å²) in [6.07, 6.45) is 0. The van der Waals surface area contributed by atoms with Crippen LogP contribution in [0.15, 0.2) is 42.5 Å². The first-order chi connectivity index (χ1) is 13.8. The second-order valence-corrected chi connectivity index (χ2v) is 6.94. The lowest BCUT2D eigenvalue weighted by atomic mass is 10.1. The van der Waals surface area contributed by atoms with Crippen molar-refractivity contribution in [2.75, 3.05) is 12.4 Å². The molecule has 1 unspecified atom stereocenters. The highest BCUT2D eigenvalue weighted by Gasteiger charge is 2.21. The van der Waals surface area contributed by atoms with E-state index in [1.165, 1.54) is 21.0 Å². The highest BCUT2D eigenvalue weighted by atomic mass is 35.5. The first-order valence-corrected chi connectivity index (χ1v) is 9.21. The number of hydrogen-bond donors (Lipinski definition) is 2. The van der Waals surface area contributed by atoms with Crippen LogP contribution in [0.1, 0.15) is 40.3 Å². The molecule has 1 atom stereocenters. The van der Waals surface area contributed by atoms with E-state index in [1.54, 1.807) is 42.5 Å². The number of methoxy groups -OCH3 is 1. The van der Waals surface area contributed by atoms with Gasteiger partial charge in [0.15, 0.2) is 5.56 Å². The van der Waals surface area contributed by atoms with E-state index in [2.05, 4.69) is 10.3 Å². The van der Waals surface area contributed by atoms with Crippen molar-refractivity contribution in [1.82, 2.24) is 4.98 Å². The number of nitrogens with one attached hydrogen (secondary N) is 2. The number of alkyl halides is 1. The summed E-state index contributed by atoms with van der Waals surface area (Å²) < 4.78 is 10.1. The number of aromatic nitrogens is 1. The van der Waals surface area contributed by atoms with Crippen molar-refractivity contribution < 1.29 is 23.9 Å². The van der Waals surface area contributed by atoms with E-state index in [0.29, 0.717) is 27.9 Å². The summed E-state index contributed by atoms with van der Waals surface area (Å²) in [7, 11) is 1.54. The van der Waals surface area contributed by atoms with Gasteiger partial charge in [-0.1, -0.05) is 11.6 Å². The molecular weight excluding hydrogens is 396 g/mol. The summed E-state index contributed by atoms with van der Waals surface area (Å²) in [4.78, 5) is 39.9. The Morgan fingerprint density at radius 1 is 1.07 bits per heavy atom. The van der Waals surface area contributed by atoms with Crippen LogP contribution in [-0.2, 0) is 9.53 Å². The summed E-state index contributed by atoms with van der Waals surface area (Å²) in [5.41, 5.74) is 0.963. The summed E-state index contributed by atoms with van der Waals surface area (Å²) in [5, 5.41) is 3.29. The Bertz CT molecular complexity index is 1090. The van der Waals surface area contributed by atoms with Crippen LogP contribution in [0.2, 0.25) is 0 Å². The smallest absolute Gasteiger partial charge is 0.339 e. The number of amides is 1. The van der Waals surface area contributed by atoms with Gasteiger partial charge in [0.25, 0.3) is 0 Å². The largest absolute Gasteiger partial charge is 0.497 e. The monoisotopic (exact) mass is 414 g/mol. The number of anilines is 1. The second-order valence-electron chi connectivity index (χ2n) is 6.32. The minimum absolute atomic E-state index is 0.205. The molecule has 0 aliphatic rings. The molecular formula is C21H19ClN2O5. The van der Waals surface area contributed by atoms with Gasteiger partial charge < -0.3 is 19.8 Å². The highest BCUT2D eigenvalue weighted by Crippen LogP contribution is 2.31. The number of carbonyl (C=O) groups is 3. The number of benzene rings is 2. The van der Waals surface area contributed by atoms with E-state index in [1.807, 2.05) is 0 Å². The first-order valence-electron chi connectivity index (χ1n) is 8.77. The van der Waals surface area contributed by atoms with Crippen LogP contribution >= 0.6 is 11.6 Å². The topological polar surface area (TPSA) is 97.5 Å². The number of fused-ring (bicyclic) bond motifs is 1. The van der Waals surface area contributed by atoms with Crippen molar-refractivity contribution in [3.63, 3.8) is 0 Å². The maximum atomic E-state index is 13.0. The number of hydrogen-bond acceptors (Lipinski definition) is 5. The molecule has 0 saturated carbocycles. The van der Waals surface area contributed by atoms with Crippen LogP contribution in [0, 0.1) is 0 Å². The van der Waals surface area contributed by atoms with Gasteiger partial charge in [-0.3, -0.25) is 9.59 Å². The molecule has 29 heavy (non-hydrogen) atoms. The molecule has 0 saturated heterocycles. The molecule has 0 aliphatic carbocycles. The molecule has 1 aromatic heterocycles. The third-order valence-electron chi connectivity index (χ3n) is 4.18. The van der Waals surface area contributed by atoms with Gasteiger partial charge in [0.05, 0.1) is 18.4 Å². The lowest BCUT2D eigenvalue weighted by Crippen LogP contribution is -2.11. The van der Waals surface area contributed by atoms with E-state index in [9.17, 15) is 14.4 Å². The normalized spacial score (nSPS) is 11.7. The van der Waals surface area contributed by atoms with Crippen LogP contribution in [0.25, 0.3) is 10.9 Å². The molecule has 0 bridgehead atoms. The molecule has 2 N–H and O–H groups in total. The van der Waals surface area contributed by atoms with Crippen LogP contribution in [0.5, 0.6) is 5.75 Å². The van der Waals surface area contributed by atoms with Crippen molar-refractivity contribution in [3.05, 3.63) is 59.3 Å². The Labute approximate surface area is 171 Å². The molecule has 0 spiro atoms. The zero-order valence-electron chi connectivity index (χ0n) is 16.0. The standard InChI is InChI=1S/C21H19ClN2O5/c1-11(22)29-21(27)14-6-9-16-17(10-14)24-19(18(16)23-12(2)25)20(26)13-4-7-15(28-3)8-5-13/h4-11,24H,1-3H3,(H,23,25). The van der Waals surface area contributed by atoms with Crippen LogP contribution in [-0.4, -0.2) is 35.3 Å². The van der Waals surface area contributed by atoms with Gasteiger partial charge in [0.1, 0.15) is 11.4 Å². The molecule has 3 rings (SSSR count). The number of ketones is 1. The fourth-order valence-electron chi connectivity index (χ4n) is 2.90. The zero-order chi connectivity index (χ0) is 21.1. The van der Waals surface area contributed by atoms with Gasteiger partial charge in [0.2, 0.25) is 11.7 Å². The van der Waals surface area contributed by atoms with Crippen molar-refractivity contribution in [2.45, 2.75) is 19.4 Å². The number of ether oxygens (including phenoxy) is 2.